The quantitative estimate of drug-likeness (QED) is 0.416. The SMILES string of the molecule is CCC(CC)C(=O)Nc1ccc(-c2cc(C3CC3)n(C(=O)NCc3ccccc3F)n2)c(O)c1. The molecule has 0 radical (unpaired) electrons. The van der Waals surface area contributed by atoms with Gasteiger partial charge in [-0.1, -0.05) is 32.0 Å². The van der Waals surface area contributed by atoms with Crippen LogP contribution < -0.4 is 10.6 Å². The predicted octanol–water partition coefficient (Wildman–Crippen LogP) is 5.40. The Hall–Kier alpha value is -3.68. The molecule has 1 saturated carbocycles. The van der Waals surface area contributed by atoms with Crippen LogP contribution in [0, 0.1) is 11.7 Å². The maximum atomic E-state index is 13.9. The maximum absolute atomic E-state index is 13.9. The van der Waals surface area contributed by atoms with Crippen LogP contribution in [0.15, 0.2) is 48.5 Å². The Bertz CT molecular complexity index is 1200. The number of phenols is 1. The Kier molecular flexibility index (Phi) is 6.95. The van der Waals surface area contributed by atoms with Gasteiger partial charge in [0.25, 0.3) is 0 Å². The van der Waals surface area contributed by atoms with E-state index in [0.29, 0.717) is 22.5 Å². The van der Waals surface area contributed by atoms with Crippen molar-refractivity contribution in [3.8, 4) is 17.0 Å². The van der Waals surface area contributed by atoms with Crippen molar-refractivity contribution in [2.45, 2.75) is 52.0 Å². The minimum Gasteiger partial charge on any atom is -0.507 e. The Balaban J connectivity index is 1.53. The number of hydrogen-bond acceptors (Lipinski definition) is 4. The van der Waals surface area contributed by atoms with Crippen molar-refractivity contribution in [2.75, 3.05) is 5.32 Å². The van der Waals surface area contributed by atoms with E-state index in [1.807, 2.05) is 13.8 Å². The number of carbonyl (C=O) groups excluding carboxylic acids is 2. The Labute approximate surface area is 198 Å². The molecule has 178 valence electrons. The molecule has 0 saturated heterocycles. The van der Waals surface area contributed by atoms with E-state index >= 15 is 0 Å². The molecule has 0 aliphatic heterocycles. The van der Waals surface area contributed by atoms with E-state index in [-0.39, 0.29) is 35.9 Å². The zero-order valence-corrected chi connectivity index (χ0v) is 19.3. The number of aromatic nitrogens is 2. The molecule has 1 heterocycles. The summed E-state index contributed by atoms with van der Waals surface area (Å²) in [7, 11) is 0. The third kappa shape index (κ3) is 5.11. The highest BCUT2D eigenvalue weighted by Crippen LogP contribution is 2.42. The second-order valence-electron chi connectivity index (χ2n) is 8.63. The molecule has 1 aromatic heterocycles. The van der Waals surface area contributed by atoms with Gasteiger partial charge in [-0.2, -0.15) is 9.78 Å². The van der Waals surface area contributed by atoms with Crippen LogP contribution in [-0.2, 0) is 11.3 Å². The molecule has 2 aromatic carbocycles. The fourth-order valence-corrected chi connectivity index (χ4v) is 3.98. The summed E-state index contributed by atoms with van der Waals surface area (Å²) in [5, 5.41) is 20.7. The van der Waals surface area contributed by atoms with Gasteiger partial charge in [0.2, 0.25) is 5.91 Å². The van der Waals surface area contributed by atoms with E-state index in [2.05, 4.69) is 15.7 Å². The smallest absolute Gasteiger partial charge is 0.342 e. The molecule has 0 unspecified atom stereocenters. The summed E-state index contributed by atoms with van der Waals surface area (Å²) in [6.07, 6.45) is 3.40. The lowest BCUT2D eigenvalue weighted by atomic mass is 10.0. The van der Waals surface area contributed by atoms with Crippen LogP contribution in [0.2, 0.25) is 0 Å². The fraction of sp³-hybridized carbons (Fsp3) is 0.346. The van der Waals surface area contributed by atoms with E-state index < -0.39 is 6.03 Å². The first-order valence-corrected chi connectivity index (χ1v) is 11.7. The number of aromatic hydroxyl groups is 1. The summed E-state index contributed by atoms with van der Waals surface area (Å²) in [6, 6.07) is 12.5. The topological polar surface area (TPSA) is 96.3 Å². The van der Waals surface area contributed by atoms with E-state index in [9.17, 15) is 19.1 Å². The van der Waals surface area contributed by atoms with Gasteiger partial charge in [-0.25, -0.2) is 9.18 Å². The standard InChI is InChI=1S/C26H29FN4O3/c1-3-16(4-2)25(33)29-19-11-12-20(24(32)13-19)22-14-23(17-9-10-17)31(30-22)26(34)28-15-18-7-5-6-8-21(18)27/h5-8,11-14,16-17,32H,3-4,9-10,15H2,1-2H3,(H,28,34)(H,29,33). The van der Waals surface area contributed by atoms with Crippen molar-refractivity contribution in [1.82, 2.24) is 15.1 Å². The number of rotatable bonds is 8. The van der Waals surface area contributed by atoms with E-state index in [4.69, 9.17) is 0 Å². The van der Waals surface area contributed by atoms with Crippen LogP contribution in [0.4, 0.5) is 14.9 Å². The van der Waals surface area contributed by atoms with Gasteiger partial charge in [-0.05, 0) is 49.9 Å². The van der Waals surface area contributed by atoms with E-state index in [1.54, 1.807) is 36.4 Å². The molecule has 2 amide bonds. The van der Waals surface area contributed by atoms with Crippen molar-refractivity contribution in [3.05, 3.63) is 65.6 Å². The zero-order valence-electron chi connectivity index (χ0n) is 19.3. The Morgan fingerprint density at radius 1 is 1.15 bits per heavy atom. The summed E-state index contributed by atoms with van der Waals surface area (Å²) < 4.78 is 15.2. The molecule has 34 heavy (non-hydrogen) atoms. The molecule has 0 spiro atoms. The number of carbonyl (C=O) groups is 2. The number of hydrogen-bond donors (Lipinski definition) is 3. The Morgan fingerprint density at radius 2 is 1.88 bits per heavy atom. The van der Waals surface area contributed by atoms with Crippen LogP contribution in [0.1, 0.15) is 56.7 Å². The molecule has 8 heteroatoms. The second kappa shape index (κ2) is 10.1. The molecule has 3 aromatic rings. The molecule has 4 rings (SSSR count). The Morgan fingerprint density at radius 3 is 2.53 bits per heavy atom. The van der Waals surface area contributed by atoms with Crippen molar-refractivity contribution in [1.29, 1.82) is 0 Å². The summed E-state index contributed by atoms with van der Waals surface area (Å²) in [4.78, 5) is 25.2. The molecule has 1 aliphatic rings. The van der Waals surface area contributed by atoms with Crippen molar-refractivity contribution >= 4 is 17.6 Å². The minimum absolute atomic E-state index is 0.0406. The predicted molar refractivity (Wildman–Crippen MR) is 128 cm³/mol. The van der Waals surface area contributed by atoms with E-state index in [0.717, 1.165) is 31.4 Å². The molecule has 3 N–H and O–H groups in total. The van der Waals surface area contributed by atoms with Crippen LogP contribution in [0.5, 0.6) is 5.75 Å². The van der Waals surface area contributed by atoms with Gasteiger partial charge in [0, 0.05) is 41.3 Å². The van der Waals surface area contributed by atoms with Crippen LogP contribution >= 0.6 is 0 Å². The van der Waals surface area contributed by atoms with Gasteiger partial charge >= 0.3 is 6.03 Å². The summed E-state index contributed by atoms with van der Waals surface area (Å²) in [6.45, 7) is 3.98. The average Bonchev–Trinajstić information content (AvgIpc) is 3.57. The fourth-order valence-electron chi connectivity index (χ4n) is 3.98. The van der Waals surface area contributed by atoms with Crippen molar-refractivity contribution in [2.24, 2.45) is 5.92 Å². The monoisotopic (exact) mass is 464 g/mol. The van der Waals surface area contributed by atoms with Gasteiger partial charge < -0.3 is 15.7 Å². The lowest BCUT2D eigenvalue weighted by molar-refractivity contribution is -0.120. The highest BCUT2D eigenvalue weighted by Gasteiger charge is 2.31. The molecular formula is C26H29FN4O3. The normalized spacial score (nSPS) is 13.2. The van der Waals surface area contributed by atoms with Crippen molar-refractivity contribution in [3.63, 3.8) is 0 Å². The number of nitrogens with one attached hydrogen (secondary N) is 2. The molecule has 0 atom stereocenters. The van der Waals surface area contributed by atoms with Gasteiger partial charge in [-0.3, -0.25) is 4.79 Å². The number of anilines is 1. The number of nitrogens with zero attached hydrogens (tertiary/aromatic N) is 2. The molecule has 1 aliphatic carbocycles. The number of halogens is 1. The van der Waals surface area contributed by atoms with E-state index in [1.165, 1.54) is 16.8 Å². The molecule has 0 bridgehead atoms. The highest BCUT2D eigenvalue weighted by atomic mass is 19.1. The van der Waals surface area contributed by atoms with Crippen LogP contribution in [0.25, 0.3) is 11.3 Å². The molecule has 7 nitrogen and oxygen atoms in total. The van der Waals surface area contributed by atoms with Crippen LogP contribution in [0.3, 0.4) is 0 Å². The third-order valence-electron chi connectivity index (χ3n) is 6.21. The lowest BCUT2D eigenvalue weighted by Crippen LogP contribution is -2.30. The third-order valence-corrected chi connectivity index (χ3v) is 6.21. The van der Waals surface area contributed by atoms with Gasteiger partial charge in [0.15, 0.2) is 0 Å². The first-order valence-electron chi connectivity index (χ1n) is 11.7. The largest absolute Gasteiger partial charge is 0.507 e. The molecule has 1 fully saturated rings. The van der Waals surface area contributed by atoms with Gasteiger partial charge in [-0.15, -0.1) is 0 Å². The summed E-state index contributed by atoms with van der Waals surface area (Å²) in [5.74, 6) is -0.361. The van der Waals surface area contributed by atoms with Gasteiger partial charge in [0.05, 0.1) is 11.4 Å². The first-order chi connectivity index (χ1) is 16.4. The minimum atomic E-state index is -0.454. The average molecular weight is 465 g/mol. The van der Waals surface area contributed by atoms with Crippen molar-refractivity contribution < 1.29 is 19.1 Å². The maximum Gasteiger partial charge on any atom is 0.342 e. The second-order valence-corrected chi connectivity index (χ2v) is 8.63. The number of benzene rings is 2. The zero-order chi connectivity index (χ0) is 24.2. The van der Waals surface area contributed by atoms with Gasteiger partial charge in [0.1, 0.15) is 11.6 Å². The lowest BCUT2D eigenvalue weighted by Gasteiger charge is -2.13. The highest BCUT2D eigenvalue weighted by molar-refractivity contribution is 5.93. The molecular weight excluding hydrogens is 435 g/mol. The summed E-state index contributed by atoms with van der Waals surface area (Å²) in [5.41, 5.74) is 2.57. The summed E-state index contributed by atoms with van der Waals surface area (Å²) >= 11 is 0. The number of phenolic OH excluding ortho intramolecular Hbond substituents is 1. The van der Waals surface area contributed by atoms with Crippen LogP contribution in [-0.4, -0.2) is 26.8 Å². The first kappa shape index (κ1) is 23.5. The number of amides is 2.